The Morgan fingerprint density at radius 1 is 1.00 bits per heavy atom. The number of nitrogens with zero attached hydrogens (tertiary/aromatic N) is 1. The number of carbonyl (C=O) groups is 1. The van der Waals surface area contributed by atoms with Gasteiger partial charge in [0.15, 0.2) is 0 Å². The summed E-state index contributed by atoms with van der Waals surface area (Å²) in [6.07, 6.45) is 3.53. The molecule has 1 heterocycles. The number of benzene rings is 2. The summed E-state index contributed by atoms with van der Waals surface area (Å²) in [5.41, 5.74) is 1.25. The number of hydrogen-bond donors (Lipinski definition) is 0. The second kappa shape index (κ2) is 7.77. The lowest BCUT2D eigenvalue weighted by molar-refractivity contribution is 0.0734. The highest BCUT2D eigenvalue weighted by atomic mass is 35.5. The summed E-state index contributed by atoms with van der Waals surface area (Å²) in [4.78, 5) is 15.3. The van der Waals surface area contributed by atoms with E-state index in [0.29, 0.717) is 16.3 Å². The molecule has 5 heteroatoms. The lowest BCUT2D eigenvalue weighted by Crippen LogP contribution is -2.35. The number of rotatable bonds is 3. The summed E-state index contributed by atoms with van der Waals surface area (Å²) in [5, 5.41) is 0.582. The summed E-state index contributed by atoms with van der Waals surface area (Å²) in [5.74, 6) is 0.0774. The van der Waals surface area contributed by atoms with Crippen molar-refractivity contribution in [1.82, 2.24) is 4.90 Å². The van der Waals surface area contributed by atoms with Gasteiger partial charge < -0.3 is 9.64 Å². The summed E-state index contributed by atoms with van der Waals surface area (Å²) in [6, 6.07) is 14.1. The third-order valence-corrected chi connectivity index (χ3v) is 4.77. The topological polar surface area (TPSA) is 29.5 Å². The second-order valence-electron chi connectivity index (χ2n) is 5.75. The fourth-order valence-corrected chi connectivity index (χ4v) is 3.22. The summed E-state index contributed by atoms with van der Waals surface area (Å²) >= 11 is 11.5. The number of thiocarbonyl (C=S) groups is 1. The molecule has 0 radical (unpaired) electrons. The fourth-order valence-electron chi connectivity index (χ4n) is 2.74. The van der Waals surface area contributed by atoms with E-state index in [-0.39, 0.29) is 0 Å². The van der Waals surface area contributed by atoms with Gasteiger partial charge in [0, 0.05) is 18.1 Å². The van der Waals surface area contributed by atoms with Crippen molar-refractivity contribution in [2.45, 2.75) is 19.3 Å². The number of piperidine rings is 1. The molecule has 0 unspecified atom stereocenters. The first-order valence-corrected chi connectivity index (χ1v) is 8.80. The van der Waals surface area contributed by atoms with E-state index in [1.165, 1.54) is 6.42 Å². The Kier molecular flexibility index (Phi) is 5.48. The van der Waals surface area contributed by atoms with Crippen LogP contribution < -0.4 is 4.74 Å². The zero-order valence-corrected chi connectivity index (χ0v) is 14.8. The molecule has 2 aromatic carbocycles. The summed E-state index contributed by atoms with van der Waals surface area (Å²) in [6.45, 7) is 1.91. The van der Waals surface area contributed by atoms with E-state index in [2.05, 4.69) is 4.90 Å². The molecule has 0 spiro atoms. The maximum absolute atomic E-state index is 12.4. The molecule has 1 fully saturated rings. The van der Waals surface area contributed by atoms with Gasteiger partial charge in [0.05, 0.1) is 11.1 Å². The van der Waals surface area contributed by atoms with Gasteiger partial charge in [-0.1, -0.05) is 36.0 Å². The van der Waals surface area contributed by atoms with Crippen molar-refractivity contribution >= 4 is 34.8 Å². The Balaban J connectivity index is 1.79. The predicted octanol–water partition coefficient (Wildman–Crippen LogP) is 4.72. The van der Waals surface area contributed by atoms with Crippen LogP contribution in [-0.4, -0.2) is 28.9 Å². The van der Waals surface area contributed by atoms with Gasteiger partial charge in [-0.15, -0.1) is 0 Å². The SMILES string of the molecule is O=C(Oc1ccccc1C(=S)N1CCCCC1)c1ccc(Cl)cc1. The van der Waals surface area contributed by atoms with Crippen LogP contribution in [0.2, 0.25) is 5.02 Å². The molecular weight excluding hydrogens is 342 g/mol. The number of para-hydroxylation sites is 1. The maximum atomic E-state index is 12.4. The van der Waals surface area contributed by atoms with E-state index in [1.54, 1.807) is 30.3 Å². The Hall–Kier alpha value is -1.91. The number of carbonyl (C=O) groups excluding carboxylic acids is 1. The minimum absolute atomic E-state index is 0.416. The van der Waals surface area contributed by atoms with Gasteiger partial charge in [0.2, 0.25) is 0 Å². The molecule has 0 aromatic heterocycles. The summed E-state index contributed by atoms with van der Waals surface area (Å²) < 4.78 is 5.59. The van der Waals surface area contributed by atoms with E-state index in [9.17, 15) is 4.79 Å². The van der Waals surface area contributed by atoms with Gasteiger partial charge in [0.1, 0.15) is 10.7 Å². The molecule has 124 valence electrons. The molecule has 3 rings (SSSR count). The van der Waals surface area contributed by atoms with Crippen LogP contribution in [-0.2, 0) is 0 Å². The second-order valence-corrected chi connectivity index (χ2v) is 6.57. The number of esters is 1. The van der Waals surface area contributed by atoms with Crippen molar-refractivity contribution in [3.05, 3.63) is 64.7 Å². The molecule has 0 N–H and O–H groups in total. The molecular formula is C19H18ClNO2S. The third-order valence-electron chi connectivity index (χ3n) is 4.04. The molecule has 1 aliphatic rings. The van der Waals surface area contributed by atoms with Crippen LogP contribution in [0.25, 0.3) is 0 Å². The van der Waals surface area contributed by atoms with Crippen molar-refractivity contribution < 1.29 is 9.53 Å². The fraction of sp³-hybridized carbons (Fsp3) is 0.263. The van der Waals surface area contributed by atoms with Crippen LogP contribution in [0.4, 0.5) is 0 Å². The average molecular weight is 360 g/mol. The van der Waals surface area contributed by atoms with Gasteiger partial charge in [-0.05, 0) is 55.7 Å². The largest absolute Gasteiger partial charge is 0.422 e. The third kappa shape index (κ3) is 3.94. The van der Waals surface area contributed by atoms with E-state index in [0.717, 1.165) is 36.5 Å². The lowest BCUT2D eigenvalue weighted by Gasteiger charge is -2.29. The predicted molar refractivity (Wildman–Crippen MR) is 100.0 cm³/mol. The standard InChI is InChI=1S/C19H18ClNO2S/c20-15-10-8-14(9-11-15)19(22)23-17-7-3-2-6-16(17)18(24)21-12-4-1-5-13-21/h2-3,6-11H,1,4-5,12-13H2. The first-order valence-electron chi connectivity index (χ1n) is 8.01. The molecule has 0 saturated carbocycles. The van der Waals surface area contributed by atoms with Crippen LogP contribution in [0, 0.1) is 0 Å². The quantitative estimate of drug-likeness (QED) is 0.450. The highest BCUT2D eigenvalue weighted by Crippen LogP contribution is 2.24. The zero-order valence-electron chi connectivity index (χ0n) is 13.2. The first-order chi connectivity index (χ1) is 11.6. The lowest BCUT2D eigenvalue weighted by atomic mass is 10.1. The zero-order chi connectivity index (χ0) is 16.9. The van der Waals surface area contributed by atoms with Crippen molar-refractivity contribution in [2.75, 3.05) is 13.1 Å². The molecule has 3 nitrogen and oxygen atoms in total. The van der Waals surface area contributed by atoms with Crippen molar-refractivity contribution in [1.29, 1.82) is 0 Å². The number of halogens is 1. The molecule has 0 aliphatic carbocycles. The number of ether oxygens (including phenoxy) is 1. The average Bonchev–Trinajstić information content (AvgIpc) is 2.63. The minimum Gasteiger partial charge on any atom is -0.422 e. The van der Waals surface area contributed by atoms with Crippen LogP contribution in [0.3, 0.4) is 0 Å². The van der Waals surface area contributed by atoms with Crippen molar-refractivity contribution in [2.24, 2.45) is 0 Å². The van der Waals surface area contributed by atoms with Crippen LogP contribution in [0.5, 0.6) is 5.75 Å². The Morgan fingerprint density at radius 2 is 1.67 bits per heavy atom. The Labute approximate surface area is 152 Å². The minimum atomic E-state index is -0.416. The normalized spacial score (nSPS) is 14.3. The van der Waals surface area contributed by atoms with E-state index in [1.807, 2.05) is 18.2 Å². The van der Waals surface area contributed by atoms with E-state index >= 15 is 0 Å². The van der Waals surface area contributed by atoms with E-state index in [4.69, 9.17) is 28.6 Å². The highest BCUT2D eigenvalue weighted by molar-refractivity contribution is 7.80. The Bertz CT molecular complexity index is 739. The number of hydrogen-bond acceptors (Lipinski definition) is 3. The molecule has 2 aromatic rings. The molecule has 1 saturated heterocycles. The highest BCUT2D eigenvalue weighted by Gasteiger charge is 2.19. The maximum Gasteiger partial charge on any atom is 0.343 e. The molecule has 24 heavy (non-hydrogen) atoms. The molecule has 0 atom stereocenters. The van der Waals surface area contributed by atoms with Crippen molar-refractivity contribution in [3.63, 3.8) is 0 Å². The smallest absolute Gasteiger partial charge is 0.343 e. The van der Waals surface area contributed by atoms with Gasteiger partial charge in [-0.25, -0.2) is 4.79 Å². The van der Waals surface area contributed by atoms with Crippen LogP contribution in [0.1, 0.15) is 35.2 Å². The summed E-state index contributed by atoms with van der Waals surface area (Å²) in [7, 11) is 0. The van der Waals surface area contributed by atoms with Gasteiger partial charge in [-0.3, -0.25) is 0 Å². The van der Waals surface area contributed by atoms with Crippen molar-refractivity contribution in [3.8, 4) is 5.75 Å². The molecule has 0 bridgehead atoms. The Morgan fingerprint density at radius 3 is 2.38 bits per heavy atom. The first kappa shape index (κ1) is 16.9. The van der Waals surface area contributed by atoms with Crippen LogP contribution in [0.15, 0.2) is 48.5 Å². The van der Waals surface area contributed by atoms with Gasteiger partial charge in [0.25, 0.3) is 0 Å². The molecule has 0 amide bonds. The monoisotopic (exact) mass is 359 g/mol. The van der Waals surface area contributed by atoms with Crippen LogP contribution >= 0.6 is 23.8 Å². The molecule has 1 aliphatic heterocycles. The van der Waals surface area contributed by atoms with Gasteiger partial charge in [-0.2, -0.15) is 0 Å². The van der Waals surface area contributed by atoms with Gasteiger partial charge >= 0.3 is 5.97 Å². The number of likely N-dealkylation sites (tertiary alicyclic amines) is 1. The van der Waals surface area contributed by atoms with E-state index < -0.39 is 5.97 Å².